The van der Waals surface area contributed by atoms with Crippen molar-refractivity contribution in [1.29, 1.82) is 0 Å². The lowest BCUT2D eigenvalue weighted by Gasteiger charge is -2.22. The van der Waals surface area contributed by atoms with Crippen molar-refractivity contribution in [3.8, 4) is 0 Å². The third-order valence-corrected chi connectivity index (χ3v) is 3.87. The summed E-state index contributed by atoms with van der Waals surface area (Å²) < 4.78 is 7.61. The summed E-state index contributed by atoms with van der Waals surface area (Å²) in [5.74, 6) is 2.72. The number of hydrogen-bond donors (Lipinski definition) is 1. The molecule has 0 aromatic carbocycles. The first kappa shape index (κ1) is 10.3. The van der Waals surface area contributed by atoms with Crippen molar-refractivity contribution in [2.45, 2.75) is 24.8 Å². The van der Waals surface area contributed by atoms with Crippen molar-refractivity contribution in [1.82, 2.24) is 20.0 Å². The van der Waals surface area contributed by atoms with Gasteiger partial charge in [0.15, 0.2) is 5.82 Å². The van der Waals surface area contributed by atoms with Crippen molar-refractivity contribution in [2.24, 2.45) is 5.92 Å². The van der Waals surface area contributed by atoms with E-state index < -0.39 is 0 Å². The molecule has 94 valence electrons. The smallest absolute Gasteiger partial charge is 0.232 e. The van der Waals surface area contributed by atoms with Crippen LogP contribution >= 0.6 is 0 Å². The Hall–Kier alpha value is -1.62. The van der Waals surface area contributed by atoms with Gasteiger partial charge in [-0.25, -0.2) is 0 Å². The first-order chi connectivity index (χ1) is 8.92. The van der Waals surface area contributed by atoms with E-state index in [-0.39, 0.29) is 6.04 Å². The Morgan fingerprint density at radius 2 is 2.06 bits per heavy atom. The topological polar surface area (TPSA) is 55.9 Å². The molecule has 0 spiro atoms. The van der Waals surface area contributed by atoms with Crippen LogP contribution in [0.2, 0.25) is 0 Å². The summed E-state index contributed by atoms with van der Waals surface area (Å²) in [7, 11) is 0. The number of aromatic nitrogens is 3. The monoisotopic (exact) mass is 244 g/mol. The molecule has 1 aliphatic carbocycles. The average molecular weight is 244 g/mol. The van der Waals surface area contributed by atoms with E-state index in [0.717, 1.165) is 24.8 Å². The fourth-order valence-electron chi connectivity index (χ4n) is 2.53. The number of nitrogens with one attached hydrogen (secondary N) is 1. The zero-order valence-electron chi connectivity index (χ0n) is 10.1. The van der Waals surface area contributed by atoms with Crippen LogP contribution in [0.15, 0.2) is 29.0 Å². The van der Waals surface area contributed by atoms with Crippen LogP contribution < -0.4 is 5.32 Å². The largest absolute Gasteiger partial charge is 0.343 e. The van der Waals surface area contributed by atoms with Gasteiger partial charge in [-0.15, -0.1) is 0 Å². The highest BCUT2D eigenvalue weighted by Crippen LogP contribution is 2.42. The van der Waals surface area contributed by atoms with Crippen LogP contribution in [0.5, 0.6) is 0 Å². The second kappa shape index (κ2) is 3.95. The zero-order chi connectivity index (χ0) is 11.9. The van der Waals surface area contributed by atoms with Crippen LogP contribution in [0.25, 0.3) is 0 Å². The SMILES string of the molecule is c1ccn([C@@H](c2noc(C3CNC3)n2)C2CC2)c1. The standard InChI is InChI=1S/C13H16N4O/c1-2-6-17(5-1)11(9-3-4-9)12-15-13(18-16-12)10-7-14-8-10/h1-2,5-6,9-11,14H,3-4,7-8H2/t11-/m1/s1. The molecule has 1 saturated heterocycles. The molecule has 0 radical (unpaired) electrons. The molecule has 2 aromatic rings. The Morgan fingerprint density at radius 3 is 2.67 bits per heavy atom. The average Bonchev–Trinajstić information content (AvgIpc) is 2.80. The van der Waals surface area contributed by atoms with Crippen molar-refractivity contribution in [2.75, 3.05) is 13.1 Å². The van der Waals surface area contributed by atoms with Gasteiger partial charge in [-0.05, 0) is 30.9 Å². The van der Waals surface area contributed by atoms with E-state index in [1.807, 2.05) is 12.1 Å². The molecule has 4 rings (SSSR count). The van der Waals surface area contributed by atoms with Crippen molar-refractivity contribution in [3.63, 3.8) is 0 Å². The van der Waals surface area contributed by atoms with E-state index in [4.69, 9.17) is 4.52 Å². The van der Waals surface area contributed by atoms with E-state index in [2.05, 4.69) is 32.4 Å². The maximum Gasteiger partial charge on any atom is 0.232 e. The minimum Gasteiger partial charge on any atom is -0.343 e. The highest BCUT2D eigenvalue weighted by atomic mass is 16.5. The molecule has 0 unspecified atom stereocenters. The van der Waals surface area contributed by atoms with Gasteiger partial charge >= 0.3 is 0 Å². The van der Waals surface area contributed by atoms with E-state index in [1.165, 1.54) is 12.8 Å². The van der Waals surface area contributed by atoms with Crippen LogP contribution in [0.3, 0.4) is 0 Å². The molecular weight excluding hydrogens is 228 g/mol. The molecule has 5 heteroatoms. The van der Waals surface area contributed by atoms with Gasteiger partial charge in [-0.2, -0.15) is 4.98 Å². The van der Waals surface area contributed by atoms with Crippen molar-refractivity contribution in [3.05, 3.63) is 36.2 Å². The lowest BCUT2D eigenvalue weighted by atomic mass is 10.0. The third kappa shape index (κ3) is 1.66. The van der Waals surface area contributed by atoms with Gasteiger partial charge in [0.2, 0.25) is 5.89 Å². The summed E-state index contributed by atoms with van der Waals surface area (Å²) in [6.45, 7) is 1.92. The number of rotatable bonds is 4. The Morgan fingerprint density at radius 1 is 1.28 bits per heavy atom. The lowest BCUT2D eigenvalue weighted by molar-refractivity contribution is 0.303. The minimum atomic E-state index is 0.255. The maximum absolute atomic E-state index is 5.41. The minimum absolute atomic E-state index is 0.255. The molecular formula is C13H16N4O. The zero-order valence-corrected chi connectivity index (χ0v) is 10.1. The second-order valence-electron chi connectivity index (χ2n) is 5.26. The van der Waals surface area contributed by atoms with Gasteiger partial charge in [0.05, 0.1) is 12.0 Å². The Kier molecular flexibility index (Phi) is 2.26. The maximum atomic E-state index is 5.41. The van der Waals surface area contributed by atoms with Gasteiger partial charge < -0.3 is 14.4 Å². The summed E-state index contributed by atoms with van der Waals surface area (Å²) in [6, 6.07) is 4.35. The van der Waals surface area contributed by atoms with Crippen molar-refractivity contribution >= 4 is 0 Å². The summed E-state index contributed by atoms with van der Waals surface area (Å²) in [6.07, 6.45) is 6.70. The normalized spacial score (nSPS) is 21.8. The molecule has 1 saturated carbocycles. The summed E-state index contributed by atoms with van der Waals surface area (Å²) in [5.41, 5.74) is 0. The summed E-state index contributed by atoms with van der Waals surface area (Å²) in [4.78, 5) is 4.61. The molecule has 0 bridgehead atoms. The Balaban J connectivity index is 1.64. The summed E-state index contributed by atoms with van der Waals surface area (Å²) >= 11 is 0. The van der Waals surface area contributed by atoms with Crippen LogP contribution in [-0.2, 0) is 0 Å². The van der Waals surface area contributed by atoms with Gasteiger partial charge in [-0.1, -0.05) is 5.16 Å². The fourth-order valence-corrected chi connectivity index (χ4v) is 2.53. The first-order valence-electron chi connectivity index (χ1n) is 6.58. The van der Waals surface area contributed by atoms with Gasteiger partial charge in [0, 0.05) is 25.5 Å². The van der Waals surface area contributed by atoms with E-state index >= 15 is 0 Å². The highest BCUT2D eigenvalue weighted by Gasteiger charge is 2.37. The molecule has 1 atom stereocenters. The predicted octanol–water partition coefficient (Wildman–Crippen LogP) is 1.56. The molecule has 2 aliphatic rings. The molecule has 3 heterocycles. The van der Waals surface area contributed by atoms with Crippen LogP contribution in [0, 0.1) is 5.92 Å². The van der Waals surface area contributed by atoms with Gasteiger partial charge in [0.1, 0.15) is 0 Å². The quantitative estimate of drug-likeness (QED) is 0.886. The van der Waals surface area contributed by atoms with Gasteiger partial charge in [0.25, 0.3) is 0 Å². The molecule has 2 fully saturated rings. The van der Waals surface area contributed by atoms with Crippen molar-refractivity contribution < 1.29 is 4.52 Å². The molecule has 5 nitrogen and oxygen atoms in total. The highest BCUT2D eigenvalue weighted by molar-refractivity contribution is 5.09. The predicted molar refractivity (Wildman–Crippen MR) is 65.2 cm³/mol. The van der Waals surface area contributed by atoms with Crippen LogP contribution in [0.4, 0.5) is 0 Å². The van der Waals surface area contributed by atoms with E-state index in [1.54, 1.807) is 0 Å². The van der Waals surface area contributed by atoms with Crippen LogP contribution in [-0.4, -0.2) is 27.8 Å². The lowest BCUT2D eigenvalue weighted by Crippen LogP contribution is -2.40. The van der Waals surface area contributed by atoms with E-state index in [0.29, 0.717) is 11.8 Å². The molecule has 1 aliphatic heterocycles. The molecule has 18 heavy (non-hydrogen) atoms. The Bertz CT molecular complexity index is 525. The molecule has 0 amide bonds. The number of nitrogens with zero attached hydrogens (tertiary/aromatic N) is 3. The molecule has 1 N–H and O–H groups in total. The summed E-state index contributed by atoms with van der Waals surface area (Å²) in [5, 5.41) is 7.43. The fraction of sp³-hybridized carbons (Fsp3) is 0.538. The van der Waals surface area contributed by atoms with E-state index in [9.17, 15) is 0 Å². The second-order valence-corrected chi connectivity index (χ2v) is 5.26. The van der Waals surface area contributed by atoms with Crippen LogP contribution in [0.1, 0.15) is 36.5 Å². The number of hydrogen-bond acceptors (Lipinski definition) is 4. The Labute approximate surface area is 105 Å². The molecule has 2 aromatic heterocycles. The van der Waals surface area contributed by atoms with Gasteiger partial charge in [-0.3, -0.25) is 0 Å². The third-order valence-electron chi connectivity index (χ3n) is 3.87. The first-order valence-corrected chi connectivity index (χ1v) is 6.58.